The molecule has 2 aromatic carbocycles. The highest BCUT2D eigenvalue weighted by molar-refractivity contribution is 9.10. The lowest BCUT2D eigenvalue weighted by Gasteiger charge is -2.08. The van der Waals surface area contributed by atoms with Crippen molar-refractivity contribution in [1.82, 2.24) is 10.4 Å². The van der Waals surface area contributed by atoms with E-state index in [9.17, 15) is 4.79 Å². The molecule has 26 heavy (non-hydrogen) atoms. The van der Waals surface area contributed by atoms with Gasteiger partial charge in [-0.1, -0.05) is 34.1 Å². The van der Waals surface area contributed by atoms with E-state index in [-0.39, 0.29) is 12.3 Å². The average molecular weight is 412 g/mol. The Bertz CT molecular complexity index is 994. The Morgan fingerprint density at radius 1 is 1.27 bits per heavy atom. The number of carbonyl (C=O) groups excluding carboxylic acids is 1. The van der Waals surface area contributed by atoms with Crippen LogP contribution in [0.3, 0.4) is 0 Å². The van der Waals surface area contributed by atoms with Crippen molar-refractivity contribution >= 4 is 38.5 Å². The predicted octanol–water partition coefficient (Wildman–Crippen LogP) is 4.17. The molecule has 5 nitrogen and oxygen atoms in total. The highest BCUT2D eigenvalue weighted by atomic mass is 79.9. The summed E-state index contributed by atoms with van der Waals surface area (Å²) >= 11 is 3.46. The molecule has 2 N–H and O–H groups in total. The van der Waals surface area contributed by atoms with E-state index in [0.29, 0.717) is 6.61 Å². The molecular weight excluding hydrogens is 394 g/mol. The Hall–Kier alpha value is -2.60. The van der Waals surface area contributed by atoms with Crippen LogP contribution in [-0.4, -0.2) is 23.2 Å². The third-order valence-corrected chi connectivity index (χ3v) is 4.90. The molecule has 3 aromatic rings. The van der Waals surface area contributed by atoms with Crippen LogP contribution in [0.4, 0.5) is 0 Å². The second-order valence-electron chi connectivity index (χ2n) is 6.22. The van der Waals surface area contributed by atoms with Gasteiger partial charge in [0.15, 0.2) is 0 Å². The van der Waals surface area contributed by atoms with Crippen LogP contribution in [0.5, 0.6) is 5.75 Å². The number of ether oxygens (including phenoxy) is 1. The number of amides is 1. The summed E-state index contributed by atoms with van der Waals surface area (Å²) < 4.78 is 6.73. The molecule has 1 aromatic heterocycles. The minimum absolute atomic E-state index is 0.133. The quantitative estimate of drug-likeness (QED) is 0.635. The van der Waals surface area contributed by atoms with E-state index in [1.165, 1.54) is 0 Å². The lowest BCUT2D eigenvalue weighted by atomic mass is 10.1. The van der Waals surface area contributed by atoms with Gasteiger partial charge >= 0.3 is 0 Å². The summed E-state index contributed by atoms with van der Waals surface area (Å²) in [6.07, 6.45) is 3.79. The highest BCUT2D eigenvalue weighted by Gasteiger charge is 2.16. The van der Waals surface area contributed by atoms with Gasteiger partial charge in [0.1, 0.15) is 5.75 Å². The first kappa shape index (κ1) is 16.8. The standard InChI is InChI=1S/C20H18BrN3O2/c21-14-7-8-16-18(6-3-9-26-19(16)11-14)23-24-20(25)10-13-12-22-17-5-2-1-4-15(13)17/h1-2,4-5,7-8,11-12,22H,3,6,9-10H2,(H,24,25). The number of aromatic amines is 1. The van der Waals surface area contributed by atoms with Gasteiger partial charge in [0.2, 0.25) is 5.91 Å². The third kappa shape index (κ3) is 3.51. The molecular formula is C20H18BrN3O2. The molecule has 6 heteroatoms. The minimum atomic E-state index is -0.133. The first-order valence-corrected chi connectivity index (χ1v) is 9.33. The number of benzene rings is 2. The number of fused-ring (bicyclic) bond motifs is 2. The highest BCUT2D eigenvalue weighted by Crippen LogP contribution is 2.28. The van der Waals surface area contributed by atoms with Crippen LogP contribution in [0.2, 0.25) is 0 Å². The second-order valence-corrected chi connectivity index (χ2v) is 7.14. The van der Waals surface area contributed by atoms with Gasteiger partial charge in [-0.25, -0.2) is 5.43 Å². The van der Waals surface area contributed by atoms with Gasteiger partial charge in [-0.2, -0.15) is 5.10 Å². The Morgan fingerprint density at radius 2 is 2.15 bits per heavy atom. The molecule has 0 spiro atoms. The number of para-hydroxylation sites is 1. The summed E-state index contributed by atoms with van der Waals surface area (Å²) in [5.41, 5.74) is 6.47. The van der Waals surface area contributed by atoms with E-state index < -0.39 is 0 Å². The van der Waals surface area contributed by atoms with E-state index in [1.807, 2.05) is 48.7 Å². The Morgan fingerprint density at radius 3 is 3.08 bits per heavy atom. The molecule has 1 amide bonds. The van der Waals surface area contributed by atoms with E-state index in [4.69, 9.17) is 4.74 Å². The predicted molar refractivity (Wildman–Crippen MR) is 106 cm³/mol. The molecule has 132 valence electrons. The van der Waals surface area contributed by atoms with Crippen molar-refractivity contribution in [1.29, 1.82) is 0 Å². The molecule has 0 fully saturated rings. The lowest BCUT2D eigenvalue weighted by molar-refractivity contribution is -0.120. The number of nitrogens with zero attached hydrogens (tertiary/aromatic N) is 1. The van der Waals surface area contributed by atoms with E-state index >= 15 is 0 Å². The zero-order chi connectivity index (χ0) is 17.9. The first-order valence-electron chi connectivity index (χ1n) is 8.54. The smallest absolute Gasteiger partial charge is 0.244 e. The third-order valence-electron chi connectivity index (χ3n) is 4.41. The zero-order valence-electron chi connectivity index (χ0n) is 14.1. The topological polar surface area (TPSA) is 66.5 Å². The Labute approximate surface area is 159 Å². The van der Waals surface area contributed by atoms with E-state index in [2.05, 4.69) is 31.4 Å². The molecule has 4 rings (SSSR count). The van der Waals surface area contributed by atoms with E-state index in [0.717, 1.165) is 50.8 Å². The van der Waals surface area contributed by atoms with E-state index in [1.54, 1.807) is 0 Å². The summed E-state index contributed by atoms with van der Waals surface area (Å²) in [7, 11) is 0. The summed E-state index contributed by atoms with van der Waals surface area (Å²) in [6, 6.07) is 13.8. The van der Waals surface area contributed by atoms with Crippen molar-refractivity contribution in [2.75, 3.05) is 6.61 Å². The molecule has 0 unspecified atom stereocenters. The van der Waals surface area contributed by atoms with Crippen molar-refractivity contribution in [3.63, 3.8) is 0 Å². The number of aromatic nitrogens is 1. The molecule has 2 heterocycles. The molecule has 1 aliphatic heterocycles. The number of halogens is 1. The largest absolute Gasteiger partial charge is 0.493 e. The summed E-state index contributed by atoms with van der Waals surface area (Å²) in [6.45, 7) is 0.645. The Balaban J connectivity index is 1.51. The molecule has 0 saturated heterocycles. The van der Waals surface area contributed by atoms with Gasteiger partial charge in [0.05, 0.1) is 18.7 Å². The van der Waals surface area contributed by atoms with Crippen LogP contribution in [0.1, 0.15) is 24.0 Å². The maximum absolute atomic E-state index is 12.4. The number of carbonyl (C=O) groups is 1. The van der Waals surface area contributed by atoms with Crippen LogP contribution < -0.4 is 10.2 Å². The van der Waals surface area contributed by atoms with Crippen LogP contribution in [0, 0.1) is 0 Å². The van der Waals surface area contributed by atoms with Crippen LogP contribution >= 0.6 is 15.9 Å². The van der Waals surface area contributed by atoms with Crippen molar-refractivity contribution in [3.8, 4) is 5.75 Å². The van der Waals surface area contributed by atoms with Crippen LogP contribution in [0.15, 0.2) is 58.2 Å². The first-order chi connectivity index (χ1) is 12.7. The normalized spacial score (nSPS) is 15.3. The fraction of sp³-hybridized carbons (Fsp3) is 0.200. The number of H-pyrrole nitrogens is 1. The van der Waals surface area contributed by atoms with Crippen LogP contribution in [-0.2, 0) is 11.2 Å². The fourth-order valence-electron chi connectivity index (χ4n) is 3.15. The second kappa shape index (κ2) is 7.33. The number of hydrogen-bond acceptors (Lipinski definition) is 3. The molecule has 0 aliphatic carbocycles. The van der Waals surface area contributed by atoms with Gasteiger partial charge in [-0.05, 0) is 42.7 Å². The van der Waals surface area contributed by atoms with Crippen molar-refractivity contribution in [3.05, 3.63) is 64.3 Å². The number of hydrogen-bond donors (Lipinski definition) is 2. The Kier molecular flexibility index (Phi) is 4.75. The van der Waals surface area contributed by atoms with Gasteiger partial charge in [0.25, 0.3) is 0 Å². The minimum Gasteiger partial charge on any atom is -0.493 e. The molecule has 0 atom stereocenters. The summed E-state index contributed by atoms with van der Waals surface area (Å²) in [5.74, 6) is 0.660. The molecule has 0 radical (unpaired) electrons. The maximum Gasteiger partial charge on any atom is 0.244 e. The number of nitrogens with one attached hydrogen (secondary N) is 2. The summed E-state index contributed by atoms with van der Waals surface area (Å²) in [5, 5.41) is 5.45. The molecule has 1 aliphatic rings. The summed E-state index contributed by atoms with van der Waals surface area (Å²) in [4.78, 5) is 15.6. The van der Waals surface area contributed by atoms with Gasteiger partial charge in [-0.15, -0.1) is 0 Å². The van der Waals surface area contributed by atoms with Gasteiger partial charge in [0, 0.05) is 27.1 Å². The maximum atomic E-state index is 12.4. The van der Waals surface area contributed by atoms with Crippen LogP contribution in [0.25, 0.3) is 10.9 Å². The zero-order valence-corrected chi connectivity index (χ0v) is 15.7. The average Bonchev–Trinajstić information content (AvgIpc) is 2.93. The van der Waals surface area contributed by atoms with Gasteiger partial charge in [-0.3, -0.25) is 4.79 Å². The molecule has 0 bridgehead atoms. The van der Waals surface area contributed by atoms with Crippen molar-refractivity contribution < 1.29 is 9.53 Å². The van der Waals surface area contributed by atoms with Gasteiger partial charge < -0.3 is 9.72 Å². The lowest BCUT2D eigenvalue weighted by Crippen LogP contribution is -2.21. The monoisotopic (exact) mass is 411 g/mol. The molecule has 0 saturated carbocycles. The van der Waals surface area contributed by atoms with Crippen molar-refractivity contribution in [2.24, 2.45) is 5.10 Å². The number of hydrazone groups is 1. The van der Waals surface area contributed by atoms with Crippen molar-refractivity contribution in [2.45, 2.75) is 19.3 Å². The fourth-order valence-corrected chi connectivity index (χ4v) is 3.49. The SMILES string of the molecule is O=C(Cc1c[nH]c2ccccc12)NN=C1CCCOc2cc(Br)ccc21. The number of rotatable bonds is 3.